The van der Waals surface area contributed by atoms with Gasteiger partial charge in [0.2, 0.25) is 15.9 Å². The summed E-state index contributed by atoms with van der Waals surface area (Å²) in [6.07, 6.45) is -0.0251. The zero-order valence-electron chi connectivity index (χ0n) is 17.9. The third-order valence-electron chi connectivity index (χ3n) is 5.40. The molecule has 0 bridgehead atoms. The molecule has 1 aliphatic rings. The van der Waals surface area contributed by atoms with Crippen LogP contribution in [0.3, 0.4) is 0 Å². The molecule has 2 aromatic carbocycles. The van der Waals surface area contributed by atoms with Gasteiger partial charge in [0, 0.05) is 18.7 Å². The number of hydrogen-bond donors (Lipinski definition) is 2. The molecule has 8 nitrogen and oxygen atoms in total. The van der Waals surface area contributed by atoms with Crippen molar-refractivity contribution in [2.24, 2.45) is 0 Å². The van der Waals surface area contributed by atoms with Crippen LogP contribution in [0.1, 0.15) is 30.1 Å². The summed E-state index contributed by atoms with van der Waals surface area (Å²) >= 11 is 0. The highest BCUT2D eigenvalue weighted by atomic mass is 32.2. The molecule has 0 aliphatic carbocycles. The van der Waals surface area contributed by atoms with Crippen molar-refractivity contribution in [2.75, 3.05) is 27.3 Å². The van der Waals surface area contributed by atoms with Gasteiger partial charge in [-0.1, -0.05) is 17.7 Å². The number of hydrogen-bond acceptors (Lipinski definition) is 6. The number of aryl methyl sites for hydroxylation is 1. The van der Waals surface area contributed by atoms with Crippen LogP contribution in [-0.4, -0.2) is 57.1 Å². The lowest BCUT2D eigenvalue weighted by Gasteiger charge is -2.24. The SMILES string of the molecule is COc1ccc(OC)c(C(O)CNC(=O)[C@@H]2CCCN2S(=O)(=O)c2ccc(C)cc2)c1. The lowest BCUT2D eigenvalue weighted by Crippen LogP contribution is -2.46. The molecule has 0 aromatic heterocycles. The second kappa shape index (κ2) is 9.67. The zero-order valence-corrected chi connectivity index (χ0v) is 18.7. The van der Waals surface area contributed by atoms with Crippen molar-refractivity contribution in [1.82, 2.24) is 9.62 Å². The third kappa shape index (κ3) is 5.00. The Morgan fingerprint density at radius 2 is 1.90 bits per heavy atom. The summed E-state index contributed by atoms with van der Waals surface area (Å²) in [4.78, 5) is 13.0. The van der Waals surface area contributed by atoms with Gasteiger partial charge in [0.1, 0.15) is 17.5 Å². The van der Waals surface area contributed by atoms with Gasteiger partial charge in [-0.15, -0.1) is 0 Å². The number of ether oxygens (including phenoxy) is 2. The monoisotopic (exact) mass is 448 g/mol. The van der Waals surface area contributed by atoms with Gasteiger partial charge < -0.3 is 19.9 Å². The first-order valence-corrected chi connectivity index (χ1v) is 11.5. The Morgan fingerprint density at radius 1 is 1.19 bits per heavy atom. The Balaban J connectivity index is 1.71. The highest BCUT2D eigenvalue weighted by Crippen LogP contribution is 2.30. The van der Waals surface area contributed by atoms with Gasteiger partial charge in [0.05, 0.1) is 25.2 Å². The number of amides is 1. The Hall–Kier alpha value is -2.62. The molecule has 0 saturated carbocycles. The van der Waals surface area contributed by atoms with Gasteiger partial charge >= 0.3 is 0 Å². The summed E-state index contributed by atoms with van der Waals surface area (Å²) in [5, 5.41) is 13.3. The van der Waals surface area contributed by atoms with E-state index in [1.165, 1.54) is 18.5 Å². The standard InChI is InChI=1S/C22H28N2O6S/c1-15-6-9-17(10-7-15)31(27,28)24-12-4-5-19(24)22(26)23-14-20(25)18-13-16(29-2)8-11-21(18)30-3/h6-11,13,19-20,25H,4-5,12,14H2,1-3H3,(H,23,26)/t19-,20?/m0/s1. The number of nitrogens with zero attached hydrogens (tertiary/aromatic N) is 1. The molecule has 1 aliphatic heterocycles. The lowest BCUT2D eigenvalue weighted by atomic mass is 10.1. The van der Waals surface area contributed by atoms with Crippen LogP contribution in [0.5, 0.6) is 11.5 Å². The summed E-state index contributed by atoms with van der Waals surface area (Å²) in [5.41, 5.74) is 1.43. The average molecular weight is 449 g/mol. The number of carbonyl (C=O) groups is 1. The van der Waals surface area contributed by atoms with Gasteiger partial charge in [0.15, 0.2) is 0 Å². The van der Waals surface area contributed by atoms with E-state index in [9.17, 15) is 18.3 Å². The minimum absolute atomic E-state index is 0.0860. The van der Waals surface area contributed by atoms with Gasteiger partial charge in [0.25, 0.3) is 0 Å². The molecular formula is C22H28N2O6S. The highest BCUT2D eigenvalue weighted by Gasteiger charge is 2.39. The van der Waals surface area contributed by atoms with Crippen LogP contribution in [0.4, 0.5) is 0 Å². The van der Waals surface area contributed by atoms with Gasteiger partial charge in [-0.2, -0.15) is 4.31 Å². The number of sulfonamides is 1. The Kier molecular flexibility index (Phi) is 7.19. The van der Waals surface area contributed by atoms with Crippen LogP contribution in [-0.2, 0) is 14.8 Å². The molecule has 2 N–H and O–H groups in total. The van der Waals surface area contributed by atoms with E-state index in [0.717, 1.165) is 5.56 Å². The first-order chi connectivity index (χ1) is 14.8. The summed E-state index contributed by atoms with van der Waals surface area (Å²) in [6.45, 7) is 2.07. The lowest BCUT2D eigenvalue weighted by molar-refractivity contribution is -0.124. The molecule has 1 amide bonds. The molecule has 1 unspecified atom stereocenters. The molecule has 9 heteroatoms. The predicted molar refractivity (Wildman–Crippen MR) is 116 cm³/mol. The van der Waals surface area contributed by atoms with Crippen molar-refractivity contribution >= 4 is 15.9 Å². The number of rotatable bonds is 8. The van der Waals surface area contributed by atoms with Crippen molar-refractivity contribution < 1.29 is 27.8 Å². The smallest absolute Gasteiger partial charge is 0.243 e. The molecule has 1 fully saturated rings. The fourth-order valence-corrected chi connectivity index (χ4v) is 5.32. The van der Waals surface area contributed by atoms with E-state index >= 15 is 0 Å². The molecule has 2 aromatic rings. The molecular weight excluding hydrogens is 420 g/mol. The average Bonchev–Trinajstić information content (AvgIpc) is 3.28. The van der Waals surface area contributed by atoms with E-state index in [0.29, 0.717) is 29.9 Å². The minimum Gasteiger partial charge on any atom is -0.497 e. The largest absolute Gasteiger partial charge is 0.497 e. The van der Waals surface area contributed by atoms with Crippen LogP contribution in [0, 0.1) is 6.92 Å². The van der Waals surface area contributed by atoms with E-state index in [1.54, 1.807) is 42.5 Å². The number of benzene rings is 2. The second-order valence-corrected chi connectivity index (χ2v) is 9.35. The molecule has 1 saturated heterocycles. The first-order valence-electron chi connectivity index (χ1n) is 10.0. The molecule has 0 radical (unpaired) electrons. The fourth-order valence-electron chi connectivity index (χ4n) is 3.66. The first kappa shape index (κ1) is 23.1. The number of nitrogens with one attached hydrogen (secondary N) is 1. The summed E-state index contributed by atoms with van der Waals surface area (Å²) < 4.78 is 37.8. The Morgan fingerprint density at radius 3 is 2.55 bits per heavy atom. The van der Waals surface area contributed by atoms with Gasteiger partial charge in [-0.25, -0.2) is 8.42 Å². The molecule has 1 heterocycles. The van der Waals surface area contributed by atoms with Crippen LogP contribution < -0.4 is 14.8 Å². The molecule has 3 rings (SSSR count). The van der Waals surface area contributed by atoms with Crippen LogP contribution in [0.15, 0.2) is 47.4 Å². The summed E-state index contributed by atoms with van der Waals surface area (Å²) in [6, 6.07) is 10.8. The molecule has 168 valence electrons. The Bertz CT molecular complexity index is 1020. The van der Waals surface area contributed by atoms with Crippen molar-refractivity contribution in [1.29, 1.82) is 0 Å². The van der Waals surface area contributed by atoms with Crippen LogP contribution >= 0.6 is 0 Å². The van der Waals surface area contributed by atoms with E-state index in [1.807, 2.05) is 6.92 Å². The van der Waals surface area contributed by atoms with E-state index in [4.69, 9.17) is 9.47 Å². The van der Waals surface area contributed by atoms with Gasteiger partial charge in [-0.05, 0) is 50.1 Å². The fraction of sp³-hybridized carbons (Fsp3) is 0.409. The van der Waals surface area contributed by atoms with E-state index in [-0.39, 0.29) is 18.0 Å². The van der Waals surface area contributed by atoms with E-state index in [2.05, 4.69) is 5.32 Å². The molecule has 31 heavy (non-hydrogen) atoms. The number of carbonyl (C=O) groups excluding carboxylic acids is 1. The number of methoxy groups -OCH3 is 2. The van der Waals surface area contributed by atoms with Crippen LogP contribution in [0.2, 0.25) is 0 Å². The van der Waals surface area contributed by atoms with Gasteiger partial charge in [-0.3, -0.25) is 4.79 Å². The molecule has 2 atom stereocenters. The normalized spacial score (nSPS) is 17.9. The maximum absolute atomic E-state index is 13.0. The Labute approximate surface area is 182 Å². The summed E-state index contributed by atoms with van der Waals surface area (Å²) in [5.74, 6) is 0.577. The number of aliphatic hydroxyl groups excluding tert-OH is 1. The van der Waals surface area contributed by atoms with Crippen molar-refractivity contribution in [3.63, 3.8) is 0 Å². The number of aliphatic hydroxyl groups is 1. The maximum atomic E-state index is 13.0. The quantitative estimate of drug-likeness (QED) is 0.640. The topological polar surface area (TPSA) is 105 Å². The van der Waals surface area contributed by atoms with Crippen molar-refractivity contribution in [2.45, 2.75) is 36.8 Å². The summed E-state index contributed by atoms with van der Waals surface area (Å²) in [7, 11) is -0.781. The third-order valence-corrected chi connectivity index (χ3v) is 7.32. The highest BCUT2D eigenvalue weighted by molar-refractivity contribution is 7.89. The molecule has 0 spiro atoms. The zero-order chi connectivity index (χ0) is 22.6. The minimum atomic E-state index is -3.79. The van der Waals surface area contributed by atoms with Crippen molar-refractivity contribution in [3.8, 4) is 11.5 Å². The predicted octanol–water partition coefficient (Wildman–Crippen LogP) is 2.02. The van der Waals surface area contributed by atoms with Crippen LogP contribution in [0.25, 0.3) is 0 Å². The second-order valence-electron chi connectivity index (χ2n) is 7.46. The van der Waals surface area contributed by atoms with E-state index < -0.39 is 28.1 Å². The maximum Gasteiger partial charge on any atom is 0.243 e. The van der Waals surface area contributed by atoms with Crippen molar-refractivity contribution in [3.05, 3.63) is 53.6 Å².